The Morgan fingerprint density at radius 1 is 1.22 bits per heavy atom. The molecule has 0 saturated heterocycles. The van der Waals surface area contributed by atoms with Gasteiger partial charge < -0.3 is 0 Å². The monoisotopic (exact) mass is 170 g/mol. The molecule has 9 heavy (non-hydrogen) atoms. The Hall–Kier alpha value is 0.700. The first-order chi connectivity index (χ1) is 4.12. The van der Waals surface area contributed by atoms with Crippen molar-refractivity contribution in [3.63, 3.8) is 0 Å². The van der Waals surface area contributed by atoms with Gasteiger partial charge in [0.05, 0.1) is 0 Å². The molecular weight excluding hydrogens is 155 g/mol. The molecule has 0 N–H and O–H groups in total. The number of rotatable bonds is 4. The topological polar surface area (TPSA) is 18.5 Å². The van der Waals surface area contributed by atoms with Crippen LogP contribution in [0.2, 0.25) is 0 Å². The summed E-state index contributed by atoms with van der Waals surface area (Å²) in [5.41, 5.74) is 0. The zero-order chi connectivity index (χ0) is 7.33. The summed E-state index contributed by atoms with van der Waals surface area (Å²) < 4.78 is 10.5. The molecule has 0 aromatic rings. The Kier molecular flexibility index (Phi) is 4.86. The molecule has 0 aromatic heterocycles. The normalized spacial score (nSPS) is 13.8. The first-order valence-electron chi connectivity index (χ1n) is 3.12. The molecule has 0 rings (SSSR count). The average Bonchev–Trinajstić information content (AvgIpc) is 1.64. The summed E-state index contributed by atoms with van der Waals surface area (Å²) in [7, 11) is 0. The van der Waals surface area contributed by atoms with Crippen molar-refractivity contribution in [2.75, 3.05) is 19.9 Å². The van der Waals surface area contributed by atoms with Crippen molar-refractivity contribution in [1.29, 1.82) is 0 Å². The molecule has 0 aromatic carbocycles. The molecule has 58 valence electrons. The van der Waals surface area contributed by atoms with Gasteiger partial charge in [0.1, 0.15) is 0 Å². The van der Waals surface area contributed by atoms with E-state index in [9.17, 15) is 0 Å². The van der Waals surface area contributed by atoms with Crippen LogP contribution in [-0.4, -0.2) is 19.9 Å². The van der Waals surface area contributed by atoms with Crippen LogP contribution in [-0.2, 0) is 9.05 Å². The van der Waals surface area contributed by atoms with E-state index >= 15 is 0 Å². The average molecular weight is 170 g/mol. The molecule has 0 fully saturated rings. The van der Waals surface area contributed by atoms with Crippen LogP contribution in [0.25, 0.3) is 0 Å². The SMILES string of the molecule is CCO[PH](C)(S)OCC. The standard InChI is InChI=1S/C5H15O2PS/c1-4-6-8(3,9)7-5-2/h8-9H,4-5H2,1-3H3. The Morgan fingerprint density at radius 3 is 1.78 bits per heavy atom. The zero-order valence-electron chi connectivity index (χ0n) is 6.18. The predicted octanol–water partition coefficient (Wildman–Crippen LogP) is 2.11. The number of hydrogen-bond donors (Lipinski definition) is 1. The fraction of sp³-hybridized carbons (Fsp3) is 1.00. The summed E-state index contributed by atoms with van der Waals surface area (Å²) in [6.45, 7) is 5.17. The zero-order valence-corrected chi connectivity index (χ0v) is 8.07. The van der Waals surface area contributed by atoms with Crippen molar-refractivity contribution < 1.29 is 9.05 Å². The minimum absolute atomic E-state index is 0.687. The van der Waals surface area contributed by atoms with Gasteiger partial charge in [0, 0.05) is 0 Å². The molecule has 0 heterocycles. The van der Waals surface area contributed by atoms with Crippen molar-refractivity contribution in [1.82, 2.24) is 0 Å². The Bertz CT molecular complexity index is 69.4. The van der Waals surface area contributed by atoms with Gasteiger partial charge in [0.15, 0.2) is 0 Å². The second-order valence-corrected chi connectivity index (χ2v) is 6.57. The third-order valence-corrected chi connectivity index (χ3v) is 3.25. The van der Waals surface area contributed by atoms with Gasteiger partial charge in [-0.05, 0) is 0 Å². The maximum atomic E-state index is 5.25. The molecular formula is C5H15O2PS. The molecule has 0 saturated carbocycles. The fourth-order valence-electron chi connectivity index (χ4n) is 0.577. The van der Waals surface area contributed by atoms with Gasteiger partial charge in [0.25, 0.3) is 0 Å². The molecule has 4 heteroatoms. The predicted molar refractivity (Wildman–Crippen MR) is 46.5 cm³/mol. The van der Waals surface area contributed by atoms with Gasteiger partial charge >= 0.3 is 61.9 Å². The Balaban J connectivity index is 3.43. The molecule has 0 radical (unpaired) electrons. The van der Waals surface area contributed by atoms with E-state index in [0.717, 1.165) is 0 Å². The molecule has 0 aliphatic heterocycles. The number of hydrogen-bond acceptors (Lipinski definition) is 3. The van der Waals surface area contributed by atoms with Gasteiger partial charge in [0.2, 0.25) is 0 Å². The van der Waals surface area contributed by atoms with Crippen molar-refractivity contribution in [2.45, 2.75) is 13.8 Å². The second-order valence-electron chi connectivity index (χ2n) is 1.76. The van der Waals surface area contributed by atoms with Crippen LogP contribution in [0, 0.1) is 0 Å². The van der Waals surface area contributed by atoms with E-state index < -0.39 is 6.92 Å². The Labute approximate surface area is 62.6 Å². The molecule has 2 nitrogen and oxygen atoms in total. The summed E-state index contributed by atoms with van der Waals surface area (Å²) >= 11 is 4.24. The van der Waals surface area contributed by atoms with Gasteiger partial charge in [-0.15, -0.1) is 0 Å². The van der Waals surface area contributed by atoms with Gasteiger partial charge in [-0.1, -0.05) is 0 Å². The van der Waals surface area contributed by atoms with Crippen molar-refractivity contribution in [3.8, 4) is 0 Å². The van der Waals surface area contributed by atoms with Gasteiger partial charge in [-0.2, -0.15) is 0 Å². The molecule has 0 aliphatic rings. The van der Waals surface area contributed by atoms with Crippen LogP contribution in [0.3, 0.4) is 0 Å². The van der Waals surface area contributed by atoms with Crippen LogP contribution in [0.15, 0.2) is 0 Å². The molecule has 0 spiro atoms. The summed E-state index contributed by atoms with van der Waals surface area (Å²) in [4.78, 5) is 0. The molecule has 0 bridgehead atoms. The summed E-state index contributed by atoms with van der Waals surface area (Å²) in [5.74, 6) is 0. The van der Waals surface area contributed by atoms with Crippen molar-refractivity contribution in [3.05, 3.63) is 0 Å². The first kappa shape index (κ1) is 9.70. The fourth-order valence-corrected chi connectivity index (χ4v) is 2.51. The van der Waals surface area contributed by atoms with Crippen LogP contribution >= 0.6 is 19.2 Å². The minimum atomic E-state index is -2.01. The van der Waals surface area contributed by atoms with Crippen molar-refractivity contribution in [2.24, 2.45) is 0 Å². The van der Waals surface area contributed by atoms with Crippen LogP contribution in [0.5, 0.6) is 0 Å². The van der Waals surface area contributed by atoms with Crippen molar-refractivity contribution >= 4 is 19.2 Å². The third kappa shape index (κ3) is 5.16. The maximum absolute atomic E-state index is 5.25. The molecule has 0 amide bonds. The summed E-state index contributed by atoms with van der Waals surface area (Å²) in [6.07, 6.45) is 0. The molecule has 0 unspecified atom stereocenters. The van der Waals surface area contributed by atoms with E-state index in [1.54, 1.807) is 0 Å². The van der Waals surface area contributed by atoms with E-state index in [1.165, 1.54) is 0 Å². The van der Waals surface area contributed by atoms with E-state index in [2.05, 4.69) is 12.2 Å². The van der Waals surface area contributed by atoms with E-state index in [1.807, 2.05) is 20.5 Å². The van der Waals surface area contributed by atoms with E-state index in [4.69, 9.17) is 9.05 Å². The van der Waals surface area contributed by atoms with Gasteiger partial charge in [-0.25, -0.2) is 0 Å². The first-order valence-corrected chi connectivity index (χ1v) is 6.73. The van der Waals surface area contributed by atoms with E-state index in [-0.39, 0.29) is 0 Å². The Morgan fingerprint density at radius 2 is 1.56 bits per heavy atom. The number of thiol groups is 1. The summed E-state index contributed by atoms with van der Waals surface area (Å²) in [5, 5.41) is 0. The second kappa shape index (κ2) is 4.51. The summed E-state index contributed by atoms with van der Waals surface area (Å²) in [6, 6.07) is 0. The molecule has 0 atom stereocenters. The van der Waals surface area contributed by atoms with Crippen LogP contribution in [0.1, 0.15) is 13.8 Å². The van der Waals surface area contributed by atoms with E-state index in [0.29, 0.717) is 13.2 Å². The molecule has 0 aliphatic carbocycles. The quantitative estimate of drug-likeness (QED) is 0.514. The van der Waals surface area contributed by atoms with Crippen LogP contribution < -0.4 is 0 Å². The van der Waals surface area contributed by atoms with Crippen LogP contribution in [0.4, 0.5) is 0 Å². The third-order valence-electron chi connectivity index (χ3n) is 0.824. The van der Waals surface area contributed by atoms with Gasteiger partial charge in [-0.3, -0.25) is 0 Å².